The zero-order valence-corrected chi connectivity index (χ0v) is 8.79. The van der Waals surface area contributed by atoms with Gasteiger partial charge in [-0.2, -0.15) is 5.26 Å². The molecule has 0 radical (unpaired) electrons. The summed E-state index contributed by atoms with van der Waals surface area (Å²) in [5.74, 6) is 0.0167. The lowest BCUT2D eigenvalue weighted by atomic mass is 10.2. The van der Waals surface area contributed by atoms with Crippen molar-refractivity contribution in [2.24, 2.45) is 0 Å². The summed E-state index contributed by atoms with van der Waals surface area (Å²) < 4.78 is 1.92. The van der Waals surface area contributed by atoms with Crippen molar-refractivity contribution in [3.8, 4) is 6.07 Å². The predicted molar refractivity (Wildman–Crippen MR) is 54.2 cm³/mol. The van der Waals surface area contributed by atoms with Crippen molar-refractivity contribution in [1.29, 1.82) is 5.26 Å². The van der Waals surface area contributed by atoms with Crippen molar-refractivity contribution in [2.45, 2.75) is 33.7 Å². The number of carbonyl (C=O) groups excluding carboxylic acids is 1. The Morgan fingerprint density at radius 3 is 2.57 bits per heavy atom. The van der Waals surface area contributed by atoms with Gasteiger partial charge in [0.1, 0.15) is 6.07 Å². The minimum atomic E-state index is 0.0167. The van der Waals surface area contributed by atoms with Crippen LogP contribution in [-0.4, -0.2) is 10.4 Å². The summed E-state index contributed by atoms with van der Waals surface area (Å²) >= 11 is 0. The molecule has 0 N–H and O–H groups in total. The van der Waals surface area contributed by atoms with Crippen LogP contribution in [0.2, 0.25) is 0 Å². The summed E-state index contributed by atoms with van der Waals surface area (Å²) in [7, 11) is 0. The summed E-state index contributed by atoms with van der Waals surface area (Å²) in [5.41, 5.74) is 2.22. The Balaban J connectivity index is 3.40. The quantitative estimate of drug-likeness (QED) is 0.685. The monoisotopic (exact) mass is 190 g/mol. The zero-order chi connectivity index (χ0) is 10.7. The van der Waals surface area contributed by atoms with Gasteiger partial charge in [0.25, 0.3) is 0 Å². The first kappa shape index (κ1) is 10.5. The number of hydrogen-bond donors (Lipinski definition) is 0. The Bertz CT molecular complexity index is 396. The number of hydrogen-bond acceptors (Lipinski definition) is 2. The van der Waals surface area contributed by atoms with Gasteiger partial charge in [-0.1, -0.05) is 6.92 Å². The third-order valence-corrected chi connectivity index (χ3v) is 2.34. The van der Waals surface area contributed by atoms with Crippen molar-refractivity contribution < 1.29 is 4.79 Å². The number of carbonyl (C=O) groups is 1. The Labute approximate surface area is 84.0 Å². The Morgan fingerprint density at radius 1 is 1.57 bits per heavy atom. The van der Waals surface area contributed by atoms with Gasteiger partial charge in [0.2, 0.25) is 0 Å². The molecule has 74 valence electrons. The number of rotatable bonds is 3. The fraction of sp³-hybridized carbons (Fsp3) is 0.455. The molecule has 0 atom stereocenters. The second kappa shape index (κ2) is 4.10. The average Bonchev–Trinajstić information content (AvgIpc) is 2.54. The van der Waals surface area contributed by atoms with Crippen LogP contribution >= 0.6 is 0 Å². The minimum Gasteiger partial charge on any atom is -0.341 e. The van der Waals surface area contributed by atoms with Crippen LogP contribution in [0.1, 0.15) is 42.5 Å². The molecular formula is C11H14N2O. The Morgan fingerprint density at radius 2 is 2.21 bits per heavy atom. The molecule has 0 spiro atoms. The van der Waals surface area contributed by atoms with Crippen LogP contribution in [0.4, 0.5) is 0 Å². The maximum Gasteiger partial charge on any atom is 0.176 e. The SMILES string of the molecule is CCc1c(C#N)cc(C(C)=O)n1CC. The van der Waals surface area contributed by atoms with E-state index < -0.39 is 0 Å². The van der Waals surface area contributed by atoms with E-state index >= 15 is 0 Å². The van der Waals surface area contributed by atoms with Gasteiger partial charge in [-0.3, -0.25) is 4.79 Å². The molecule has 0 fully saturated rings. The molecule has 0 unspecified atom stereocenters. The average molecular weight is 190 g/mol. The lowest BCUT2D eigenvalue weighted by Crippen LogP contribution is -2.07. The molecule has 1 aromatic heterocycles. The molecule has 0 amide bonds. The van der Waals surface area contributed by atoms with Crippen LogP contribution in [-0.2, 0) is 13.0 Å². The van der Waals surface area contributed by atoms with E-state index in [-0.39, 0.29) is 5.78 Å². The van der Waals surface area contributed by atoms with Crippen molar-refractivity contribution in [2.75, 3.05) is 0 Å². The molecule has 0 saturated carbocycles. The van der Waals surface area contributed by atoms with Crippen LogP contribution in [0.15, 0.2) is 6.07 Å². The number of Topliss-reactive ketones (excluding diaryl/α,β-unsaturated/α-hetero) is 1. The molecule has 0 aliphatic carbocycles. The summed E-state index contributed by atoms with van der Waals surface area (Å²) in [5, 5.41) is 8.89. The lowest BCUT2D eigenvalue weighted by molar-refractivity contribution is 0.100. The van der Waals surface area contributed by atoms with Crippen molar-refractivity contribution in [3.63, 3.8) is 0 Å². The maximum absolute atomic E-state index is 11.3. The van der Waals surface area contributed by atoms with Crippen LogP contribution in [0.25, 0.3) is 0 Å². The maximum atomic E-state index is 11.3. The van der Waals surface area contributed by atoms with Crippen LogP contribution in [0.5, 0.6) is 0 Å². The topological polar surface area (TPSA) is 45.8 Å². The van der Waals surface area contributed by atoms with Gasteiger partial charge in [-0.05, 0) is 19.4 Å². The van der Waals surface area contributed by atoms with Gasteiger partial charge < -0.3 is 4.57 Å². The van der Waals surface area contributed by atoms with E-state index in [1.165, 1.54) is 6.92 Å². The molecule has 1 aromatic rings. The first-order valence-electron chi connectivity index (χ1n) is 4.79. The van der Waals surface area contributed by atoms with E-state index in [0.29, 0.717) is 11.3 Å². The van der Waals surface area contributed by atoms with E-state index in [1.807, 2.05) is 18.4 Å². The summed E-state index contributed by atoms with van der Waals surface area (Å²) in [6.07, 6.45) is 0.782. The molecule has 0 aromatic carbocycles. The molecule has 0 aliphatic heterocycles. The van der Waals surface area contributed by atoms with Crippen molar-refractivity contribution in [1.82, 2.24) is 4.57 Å². The Kier molecular flexibility index (Phi) is 3.08. The summed E-state index contributed by atoms with van der Waals surface area (Å²) in [4.78, 5) is 11.3. The first-order valence-corrected chi connectivity index (χ1v) is 4.79. The predicted octanol–water partition coefficient (Wildman–Crippen LogP) is 2.14. The van der Waals surface area contributed by atoms with Gasteiger partial charge >= 0.3 is 0 Å². The lowest BCUT2D eigenvalue weighted by Gasteiger charge is -2.07. The van der Waals surface area contributed by atoms with E-state index in [9.17, 15) is 4.79 Å². The van der Waals surface area contributed by atoms with E-state index in [0.717, 1.165) is 18.7 Å². The van der Waals surface area contributed by atoms with Gasteiger partial charge in [0.15, 0.2) is 5.78 Å². The molecule has 1 heterocycles. The molecule has 0 saturated heterocycles. The van der Waals surface area contributed by atoms with Crippen LogP contribution in [0, 0.1) is 11.3 Å². The molecule has 0 bridgehead atoms. The highest BCUT2D eigenvalue weighted by molar-refractivity contribution is 5.93. The number of nitrogens with zero attached hydrogens (tertiary/aromatic N) is 2. The highest BCUT2D eigenvalue weighted by atomic mass is 16.1. The van der Waals surface area contributed by atoms with Crippen LogP contribution in [0.3, 0.4) is 0 Å². The van der Waals surface area contributed by atoms with Crippen molar-refractivity contribution in [3.05, 3.63) is 23.0 Å². The zero-order valence-electron chi connectivity index (χ0n) is 8.79. The standard InChI is InChI=1S/C11H14N2O/c1-4-10-9(7-12)6-11(8(3)14)13(10)5-2/h6H,4-5H2,1-3H3. The summed E-state index contributed by atoms with van der Waals surface area (Å²) in [6.45, 7) is 6.24. The van der Waals surface area contributed by atoms with Gasteiger partial charge in [-0.15, -0.1) is 0 Å². The van der Waals surface area contributed by atoms with Gasteiger partial charge in [-0.25, -0.2) is 0 Å². The molecular weight excluding hydrogens is 176 g/mol. The minimum absolute atomic E-state index is 0.0167. The molecule has 14 heavy (non-hydrogen) atoms. The van der Waals surface area contributed by atoms with Gasteiger partial charge in [0.05, 0.1) is 11.3 Å². The second-order valence-electron chi connectivity index (χ2n) is 3.16. The Hall–Kier alpha value is -1.56. The molecule has 3 nitrogen and oxygen atoms in total. The highest BCUT2D eigenvalue weighted by Crippen LogP contribution is 2.16. The van der Waals surface area contributed by atoms with Crippen molar-refractivity contribution >= 4 is 5.78 Å². The normalized spacial score (nSPS) is 9.86. The van der Waals surface area contributed by atoms with Gasteiger partial charge in [0, 0.05) is 19.2 Å². The summed E-state index contributed by atoms with van der Waals surface area (Å²) in [6, 6.07) is 3.81. The smallest absolute Gasteiger partial charge is 0.176 e. The second-order valence-corrected chi connectivity index (χ2v) is 3.16. The first-order chi connectivity index (χ1) is 6.65. The third kappa shape index (κ3) is 1.56. The third-order valence-electron chi connectivity index (χ3n) is 2.34. The molecule has 1 rings (SSSR count). The van der Waals surface area contributed by atoms with E-state index in [2.05, 4.69) is 6.07 Å². The fourth-order valence-corrected chi connectivity index (χ4v) is 1.72. The number of ketones is 1. The highest BCUT2D eigenvalue weighted by Gasteiger charge is 2.14. The largest absolute Gasteiger partial charge is 0.341 e. The number of nitriles is 1. The van der Waals surface area contributed by atoms with Crippen LogP contribution < -0.4 is 0 Å². The number of aromatic nitrogens is 1. The van der Waals surface area contributed by atoms with E-state index in [4.69, 9.17) is 5.26 Å². The molecule has 0 aliphatic rings. The van der Waals surface area contributed by atoms with E-state index in [1.54, 1.807) is 6.07 Å². The fourth-order valence-electron chi connectivity index (χ4n) is 1.72. The molecule has 3 heteroatoms.